The average molecular weight is 470 g/mol. The first-order valence-corrected chi connectivity index (χ1v) is 10.9. The minimum absolute atomic E-state index is 0.0332. The molecule has 0 spiro atoms. The Bertz CT molecular complexity index is 1080. The highest BCUT2D eigenvalue weighted by Crippen LogP contribution is 2.33. The Morgan fingerprint density at radius 1 is 1.19 bits per heavy atom. The van der Waals surface area contributed by atoms with Crippen molar-refractivity contribution in [3.63, 3.8) is 0 Å². The molecule has 2 heterocycles. The molecule has 0 saturated carbocycles. The molecule has 164 valence electrons. The first-order chi connectivity index (χ1) is 14.8. The Balaban J connectivity index is 1.66. The molecule has 2 aromatic carbocycles. The quantitative estimate of drug-likeness (QED) is 0.530. The van der Waals surface area contributed by atoms with Crippen molar-refractivity contribution in [3.8, 4) is 0 Å². The molecular weight excluding hydrogens is 451 g/mol. The number of hydrogen-bond acceptors (Lipinski definition) is 5. The molecule has 0 N–H and O–H groups in total. The molecule has 1 aliphatic heterocycles. The first kappa shape index (κ1) is 22.0. The number of thiazole rings is 1. The van der Waals surface area contributed by atoms with Crippen LogP contribution in [0.2, 0.25) is 5.02 Å². The Morgan fingerprint density at radius 2 is 1.97 bits per heavy atom. The minimum atomic E-state index is -4.53. The zero-order valence-electron chi connectivity index (χ0n) is 16.4. The summed E-state index contributed by atoms with van der Waals surface area (Å²) in [5.41, 5.74) is -0.214. The Kier molecular flexibility index (Phi) is 6.47. The van der Waals surface area contributed by atoms with Gasteiger partial charge in [0.15, 0.2) is 5.13 Å². The molecule has 1 aromatic heterocycles. The van der Waals surface area contributed by atoms with E-state index in [0.717, 1.165) is 29.9 Å². The van der Waals surface area contributed by atoms with Gasteiger partial charge < -0.3 is 4.74 Å². The molecule has 1 fully saturated rings. The van der Waals surface area contributed by atoms with Gasteiger partial charge in [0.1, 0.15) is 0 Å². The highest BCUT2D eigenvalue weighted by molar-refractivity contribution is 7.22. The SMILES string of the molecule is O=C(c1cccc(C(F)(F)F)c1)N(CCN1CCOCC1)c1nc2ccc(Cl)cc2s1. The molecule has 4 rings (SSSR count). The molecular formula is C21H19ClF3N3O2S. The summed E-state index contributed by atoms with van der Waals surface area (Å²) in [7, 11) is 0. The number of nitrogens with zero attached hydrogens (tertiary/aromatic N) is 3. The number of amides is 1. The third-order valence-corrected chi connectivity index (χ3v) is 6.27. The monoisotopic (exact) mass is 469 g/mol. The zero-order valence-corrected chi connectivity index (χ0v) is 17.9. The Hall–Kier alpha value is -2.20. The predicted molar refractivity (Wildman–Crippen MR) is 115 cm³/mol. The fourth-order valence-electron chi connectivity index (χ4n) is 3.34. The van der Waals surface area contributed by atoms with Crippen LogP contribution in [-0.2, 0) is 10.9 Å². The normalized spacial score (nSPS) is 15.4. The van der Waals surface area contributed by atoms with Crippen molar-refractivity contribution in [3.05, 3.63) is 58.6 Å². The third-order valence-electron chi connectivity index (χ3n) is 5.00. The van der Waals surface area contributed by atoms with Gasteiger partial charge in [0.25, 0.3) is 5.91 Å². The molecule has 0 aliphatic carbocycles. The lowest BCUT2D eigenvalue weighted by Gasteiger charge is -2.29. The van der Waals surface area contributed by atoms with Crippen molar-refractivity contribution in [1.82, 2.24) is 9.88 Å². The predicted octanol–water partition coefficient (Wildman–Crippen LogP) is 4.95. The van der Waals surface area contributed by atoms with E-state index in [4.69, 9.17) is 16.3 Å². The fraction of sp³-hybridized carbons (Fsp3) is 0.333. The zero-order chi connectivity index (χ0) is 22.0. The van der Waals surface area contributed by atoms with Crippen LogP contribution < -0.4 is 4.90 Å². The van der Waals surface area contributed by atoms with Crippen LogP contribution in [0.25, 0.3) is 10.2 Å². The molecule has 10 heteroatoms. The van der Waals surface area contributed by atoms with E-state index in [-0.39, 0.29) is 5.56 Å². The maximum Gasteiger partial charge on any atom is 0.416 e. The number of ether oxygens (including phenoxy) is 1. The highest BCUT2D eigenvalue weighted by Gasteiger charge is 2.32. The van der Waals surface area contributed by atoms with Crippen LogP contribution in [0.3, 0.4) is 0 Å². The van der Waals surface area contributed by atoms with E-state index in [1.807, 2.05) is 0 Å². The van der Waals surface area contributed by atoms with E-state index >= 15 is 0 Å². The van der Waals surface area contributed by atoms with E-state index in [2.05, 4.69) is 9.88 Å². The van der Waals surface area contributed by atoms with Crippen molar-refractivity contribution in [2.45, 2.75) is 6.18 Å². The topological polar surface area (TPSA) is 45.7 Å². The Labute approximate surface area is 186 Å². The number of carbonyl (C=O) groups is 1. The molecule has 1 saturated heterocycles. The molecule has 31 heavy (non-hydrogen) atoms. The van der Waals surface area contributed by atoms with Crippen LogP contribution >= 0.6 is 22.9 Å². The van der Waals surface area contributed by atoms with Gasteiger partial charge in [-0.2, -0.15) is 13.2 Å². The molecule has 5 nitrogen and oxygen atoms in total. The van der Waals surface area contributed by atoms with E-state index in [9.17, 15) is 18.0 Å². The summed E-state index contributed by atoms with van der Waals surface area (Å²) in [6.45, 7) is 3.55. The van der Waals surface area contributed by atoms with Crippen molar-refractivity contribution in [2.75, 3.05) is 44.3 Å². The van der Waals surface area contributed by atoms with E-state index in [1.54, 1.807) is 18.2 Å². The second-order valence-corrected chi connectivity index (χ2v) is 8.54. The molecule has 0 bridgehead atoms. The fourth-order valence-corrected chi connectivity index (χ4v) is 4.60. The van der Waals surface area contributed by atoms with Crippen molar-refractivity contribution in [2.24, 2.45) is 0 Å². The summed E-state index contributed by atoms with van der Waals surface area (Å²) < 4.78 is 45.6. The van der Waals surface area contributed by atoms with Crippen LogP contribution in [0.15, 0.2) is 42.5 Å². The van der Waals surface area contributed by atoms with E-state index < -0.39 is 17.6 Å². The average Bonchev–Trinajstić information content (AvgIpc) is 3.16. The summed E-state index contributed by atoms with van der Waals surface area (Å²) in [5, 5.41) is 0.972. The Morgan fingerprint density at radius 3 is 2.71 bits per heavy atom. The van der Waals surface area contributed by atoms with Crippen molar-refractivity contribution >= 4 is 44.2 Å². The van der Waals surface area contributed by atoms with Gasteiger partial charge in [0.05, 0.1) is 29.0 Å². The second-order valence-electron chi connectivity index (χ2n) is 7.10. The maximum absolute atomic E-state index is 13.3. The number of rotatable bonds is 5. The minimum Gasteiger partial charge on any atom is -0.379 e. The van der Waals surface area contributed by atoms with Crippen LogP contribution in [-0.4, -0.2) is 55.2 Å². The number of benzene rings is 2. The van der Waals surface area contributed by atoms with Gasteiger partial charge in [-0.1, -0.05) is 29.0 Å². The maximum atomic E-state index is 13.3. The number of halogens is 4. The second kappa shape index (κ2) is 9.12. The van der Waals surface area contributed by atoms with E-state index in [0.29, 0.717) is 42.0 Å². The number of aromatic nitrogens is 1. The lowest BCUT2D eigenvalue weighted by atomic mass is 10.1. The number of fused-ring (bicyclic) bond motifs is 1. The summed E-state index contributed by atoms with van der Waals surface area (Å²) in [6.07, 6.45) is -4.53. The number of morpholine rings is 1. The first-order valence-electron chi connectivity index (χ1n) is 9.66. The summed E-state index contributed by atoms with van der Waals surface area (Å²) in [4.78, 5) is 21.4. The van der Waals surface area contributed by atoms with Crippen LogP contribution in [0, 0.1) is 0 Å². The van der Waals surface area contributed by atoms with Crippen LogP contribution in [0.5, 0.6) is 0 Å². The number of alkyl halides is 3. The lowest BCUT2D eigenvalue weighted by molar-refractivity contribution is -0.137. The van der Waals surface area contributed by atoms with E-state index in [1.165, 1.54) is 28.4 Å². The summed E-state index contributed by atoms with van der Waals surface area (Å²) in [5.74, 6) is -0.524. The molecule has 0 unspecified atom stereocenters. The summed E-state index contributed by atoms with van der Waals surface area (Å²) in [6, 6.07) is 9.69. The van der Waals surface area contributed by atoms with Gasteiger partial charge in [0, 0.05) is 36.8 Å². The largest absolute Gasteiger partial charge is 0.416 e. The molecule has 1 aliphatic rings. The molecule has 3 aromatic rings. The van der Waals surface area contributed by atoms with Crippen LogP contribution in [0.1, 0.15) is 15.9 Å². The van der Waals surface area contributed by atoms with Gasteiger partial charge in [-0.05, 0) is 36.4 Å². The van der Waals surface area contributed by atoms with Gasteiger partial charge in [-0.25, -0.2) is 4.98 Å². The van der Waals surface area contributed by atoms with Gasteiger partial charge in [-0.15, -0.1) is 0 Å². The van der Waals surface area contributed by atoms with Gasteiger partial charge in [-0.3, -0.25) is 14.6 Å². The van der Waals surface area contributed by atoms with Gasteiger partial charge >= 0.3 is 6.18 Å². The molecule has 0 radical (unpaired) electrons. The standard InChI is InChI=1S/C21H19ClF3N3O2S/c22-16-4-5-17-18(13-16)31-20(26-17)28(7-6-27-8-10-30-11-9-27)19(29)14-2-1-3-15(12-14)21(23,24)25/h1-5,12-13H,6-11H2. The molecule has 0 atom stereocenters. The van der Waals surface area contributed by atoms with Crippen molar-refractivity contribution in [1.29, 1.82) is 0 Å². The number of anilines is 1. The summed E-state index contributed by atoms with van der Waals surface area (Å²) >= 11 is 7.35. The third kappa shape index (κ3) is 5.17. The highest BCUT2D eigenvalue weighted by atomic mass is 35.5. The number of hydrogen-bond donors (Lipinski definition) is 0. The smallest absolute Gasteiger partial charge is 0.379 e. The lowest BCUT2D eigenvalue weighted by Crippen LogP contribution is -2.43. The van der Waals surface area contributed by atoms with Crippen LogP contribution in [0.4, 0.5) is 18.3 Å². The number of carbonyl (C=O) groups excluding carboxylic acids is 1. The van der Waals surface area contributed by atoms with Gasteiger partial charge in [0.2, 0.25) is 0 Å². The molecule has 1 amide bonds. The van der Waals surface area contributed by atoms with Crippen molar-refractivity contribution < 1.29 is 22.7 Å².